The van der Waals surface area contributed by atoms with E-state index < -0.39 is 0 Å². The maximum atomic E-state index is 10.3. The van der Waals surface area contributed by atoms with Crippen LogP contribution in [0.5, 0.6) is 0 Å². The molecular weight excluding hydrogens is 372 g/mol. The third-order valence-corrected chi connectivity index (χ3v) is 7.76. The first-order valence-electron chi connectivity index (χ1n) is 10.3. The van der Waals surface area contributed by atoms with Gasteiger partial charge in [-0.2, -0.15) is 0 Å². The first kappa shape index (κ1) is 22.8. The van der Waals surface area contributed by atoms with Crippen molar-refractivity contribution in [2.75, 3.05) is 6.54 Å². The average Bonchev–Trinajstić information content (AvgIpc) is 2.65. The molecule has 4 unspecified atom stereocenters. The Bertz CT molecular complexity index is 544. The van der Waals surface area contributed by atoms with Gasteiger partial charge in [0.05, 0.1) is 11.1 Å². The quantitative estimate of drug-likeness (QED) is 0.311. The van der Waals surface area contributed by atoms with Crippen LogP contribution in [-0.2, 0) is 0 Å². The molecule has 0 aromatic heterocycles. The van der Waals surface area contributed by atoms with Gasteiger partial charge in [-0.05, 0) is 54.8 Å². The van der Waals surface area contributed by atoms with Crippen LogP contribution in [0.3, 0.4) is 0 Å². The lowest BCUT2D eigenvalue weighted by Crippen LogP contribution is -2.39. The lowest BCUT2D eigenvalue weighted by Gasteiger charge is -2.36. The van der Waals surface area contributed by atoms with Crippen molar-refractivity contribution < 1.29 is 5.11 Å². The number of hydrogen-bond acceptors (Lipinski definition) is 5. The van der Waals surface area contributed by atoms with E-state index in [-0.39, 0.29) is 22.5 Å². The van der Waals surface area contributed by atoms with Gasteiger partial charge >= 0.3 is 0 Å². The Hall–Kier alpha value is -0.520. The van der Waals surface area contributed by atoms with Gasteiger partial charge in [0, 0.05) is 24.1 Å². The van der Waals surface area contributed by atoms with Gasteiger partial charge in [-0.15, -0.1) is 11.8 Å². The third kappa shape index (κ3) is 6.79. The predicted octanol–water partition coefficient (Wildman–Crippen LogP) is 6.19. The minimum Gasteiger partial charge on any atom is -0.513 e. The number of hydrogen-bond donors (Lipinski definition) is 4. The first-order valence-corrected chi connectivity index (χ1v) is 11.6. The van der Waals surface area contributed by atoms with Gasteiger partial charge in [0.15, 0.2) is 0 Å². The monoisotopic (exact) mass is 410 g/mol. The smallest absolute Gasteiger partial charge is 0.0911 e. The molecule has 3 N–H and O–H groups in total. The van der Waals surface area contributed by atoms with Gasteiger partial charge in [-0.3, -0.25) is 4.72 Å². The molecule has 0 spiro atoms. The molecule has 0 radical (unpaired) electrons. The second-order valence-corrected chi connectivity index (χ2v) is 10.7. The normalized spacial score (nSPS) is 32.0. The summed E-state index contributed by atoms with van der Waals surface area (Å²) >= 11 is 5.98. The maximum Gasteiger partial charge on any atom is 0.0911 e. The van der Waals surface area contributed by atoms with E-state index in [0.717, 1.165) is 37.9 Å². The molecule has 1 aliphatic carbocycles. The summed E-state index contributed by atoms with van der Waals surface area (Å²) in [7, 11) is 0. The molecule has 1 aliphatic heterocycles. The maximum absolute atomic E-state index is 10.3. The van der Waals surface area contributed by atoms with Crippen LogP contribution in [0, 0.1) is 23.2 Å². The number of nitrogens with one attached hydrogen (secondary N) is 2. The second-order valence-electron chi connectivity index (χ2n) is 9.06. The van der Waals surface area contributed by atoms with Crippen molar-refractivity contribution in [2.24, 2.45) is 23.2 Å². The average molecular weight is 411 g/mol. The number of rotatable bonds is 6. The zero-order valence-corrected chi connectivity index (χ0v) is 18.8. The number of aliphatic hydroxyl groups excluding tert-OH is 1. The minimum absolute atomic E-state index is 0.00548. The van der Waals surface area contributed by atoms with Crippen LogP contribution in [0.25, 0.3) is 0 Å². The van der Waals surface area contributed by atoms with Crippen LogP contribution in [0.15, 0.2) is 36.1 Å². The van der Waals surface area contributed by atoms with E-state index in [0.29, 0.717) is 11.8 Å². The lowest BCUT2D eigenvalue weighted by molar-refractivity contribution is 0.236. The summed E-state index contributed by atoms with van der Waals surface area (Å²) in [5.74, 6) is 1.29. The van der Waals surface area contributed by atoms with Gasteiger partial charge in [-0.25, -0.2) is 0 Å². The molecule has 1 saturated heterocycles. The molecule has 0 aromatic carbocycles. The summed E-state index contributed by atoms with van der Waals surface area (Å²) in [6.45, 7) is 18.1. The predicted molar refractivity (Wildman–Crippen MR) is 123 cm³/mol. The number of thiol groups is 1. The lowest BCUT2D eigenvalue weighted by atomic mass is 9.77. The van der Waals surface area contributed by atoms with Crippen molar-refractivity contribution in [1.29, 1.82) is 0 Å². The zero-order valence-electron chi connectivity index (χ0n) is 17.1. The van der Waals surface area contributed by atoms with Crippen LogP contribution >= 0.6 is 24.6 Å². The zero-order chi connectivity index (χ0) is 20.0. The summed E-state index contributed by atoms with van der Waals surface area (Å²) in [5, 5.41) is 14.1. The highest BCUT2D eigenvalue weighted by Gasteiger charge is 2.33. The second kappa shape index (κ2) is 10.3. The molecule has 0 aromatic rings. The first-order chi connectivity index (χ1) is 12.7. The molecule has 5 heteroatoms. The Balaban J connectivity index is 2.14. The standard InChI is InChI=1S/C22H38N2OS2/c1-15-10-12-22(4,5)13-11-20(17(3)25)21(27-15)24-16(2)19-9-7-6-8-18(19)14-23-26/h18-21,23-26H,1-3,6-14H2,4-5H3. The SMILES string of the molecule is C=C1CCC(C)(C)CCC(C(=C)O)C(NC(=C)C2CCCCC2CNS)S1. The molecule has 4 atom stereocenters. The molecule has 2 aliphatic rings. The van der Waals surface area contributed by atoms with Crippen LogP contribution in [-0.4, -0.2) is 17.0 Å². The van der Waals surface area contributed by atoms with E-state index in [1.54, 1.807) is 11.8 Å². The van der Waals surface area contributed by atoms with E-state index in [1.807, 2.05) is 0 Å². The van der Waals surface area contributed by atoms with Crippen molar-refractivity contribution in [1.82, 2.24) is 10.0 Å². The fourth-order valence-corrected chi connectivity index (χ4v) is 5.89. The van der Waals surface area contributed by atoms with E-state index in [4.69, 9.17) is 0 Å². The van der Waals surface area contributed by atoms with Gasteiger partial charge in [0.25, 0.3) is 0 Å². The number of aliphatic hydroxyl groups is 1. The van der Waals surface area contributed by atoms with Crippen LogP contribution in [0.4, 0.5) is 0 Å². The minimum atomic E-state index is 0.00548. The summed E-state index contributed by atoms with van der Waals surface area (Å²) in [5.41, 5.74) is 1.36. The highest BCUT2D eigenvalue weighted by molar-refractivity contribution is 8.03. The van der Waals surface area contributed by atoms with E-state index in [2.05, 4.69) is 56.4 Å². The summed E-state index contributed by atoms with van der Waals surface area (Å²) in [4.78, 5) is 1.18. The Morgan fingerprint density at radius 3 is 2.56 bits per heavy atom. The summed E-state index contributed by atoms with van der Waals surface area (Å²) in [6, 6.07) is 0. The summed E-state index contributed by atoms with van der Waals surface area (Å²) < 4.78 is 3.05. The van der Waals surface area contributed by atoms with Gasteiger partial charge in [0.2, 0.25) is 0 Å². The van der Waals surface area contributed by atoms with Gasteiger partial charge in [0.1, 0.15) is 0 Å². The molecule has 27 heavy (non-hydrogen) atoms. The van der Waals surface area contributed by atoms with Crippen molar-refractivity contribution in [3.63, 3.8) is 0 Å². The van der Waals surface area contributed by atoms with E-state index >= 15 is 0 Å². The fourth-order valence-electron chi connectivity index (χ4n) is 4.41. The molecule has 3 nitrogen and oxygen atoms in total. The Morgan fingerprint density at radius 1 is 1.19 bits per heavy atom. The molecule has 1 heterocycles. The highest BCUT2D eigenvalue weighted by Crippen LogP contribution is 2.42. The van der Waals surface area contributed by atoms with Crippen molar-refractivity contribution in [3.8, 4) is 0 Å². The molecule has 0 amide bonds. The Kier molecular flexibility index (Phi) is 8.70. The molecule has 0 bridgehead atoms. The third-order valence-electron chi connectivity index (χ3n) is 6.34. The molecule has 154 valence electrons. The molecule has 2 rings (SSSR count). The van der Waals surface area contributed by atoms with Crippen molar-refractivity contribution >= 4 is 24.6 Å². The van der Waals surface area contributed by atoms with E-state index in [9.17, 15) is 5.11 Å². The van der Waals surface area contributed by atoms with Crippen molar-refractivity contribution in [3.05, 3.63) is 36.1 Å². The van der Waals surface area contributed by atoms with Gasteiger partial charge in [-0.1, -0.05) is 59.2 Å². The molecule has 2 fully saturated rings. The van der Waals surface area contributed by atoms with Gasteiger partial charge < -0.3 is 10.4 Å². The molecular formula is C22H38N2OS2. The number of thioether (sulfide) groups is 1. The van der Waals surface area contributed by atoms with Crippen LogP contribution in [0.2, 0.25) is 0 Å². The Morgan fingerprint density at radius 2 is 1.89 bits per heavy atom. The Labute approximate surface area is 176 Å². The summed E-state index contributed by atoms with van der Waals surface area (Å²) in [6.07, 6.45) is 9.08. The van der Waals surface area contributed by atoms with Crippen LogP contribution in [0.1, 0.15) is 65.2 Å². The number of allylic oxidation sites excluding steroid dienone is 2. The fraction of sp³-hybridized carbons (Fsp3) is 0.727. The highest BCUT2D eigenvalue weighted by atomic mass is 32.2. The van der Waals surface area contributed by atoms with Crippen molar-refractivity contribution in [2.45, 2.75) is 70.6 Å². The largest absolute Gasteiger partial charge is 0.513 e. The topological polar surface area (TPSA) is 44.3 Å². The van der Waals surface area contributed by atoms with E-state index in [1.165, 1.54) is 30.6 Å². The molecule has 1 saturated carbocycles. The van der Waals surface area contributed by atoms with Crippen LogP contribution < -0.4 is 10.0 Å².